The number of Topliss-reactive ketones (excluding diaryl/α,β-unsaturated/α-hetero) is 1. The van der Waals surface area contributed by atoms with Gasteiger partial charge in [0.2, 0.25) is 5.79 Å². The molecule has 1 atom stereocenters. The maximum absolute atomic E-state index is 11.4. The van der Waals surface area contributed by atoms with Crippen molar-refractivity contribution in [2.45, 2.75) is 32.5 Å². The van der Waals surface area contributed by atoms with Gasteiger partial charge in [-0.3, -0.25) is 9.59 Å². The van der Waals surface area contributed by atoms with Gasteiger partial charge in [0.05, 0.1) is 13.0 Å². The van der Waals surface area contributed by atoms with E-state index in [0.29, 0.717) is 19.6 Å². The summed E-state index contributed by atoms with van der Waals surface area (Å²) >= 11 is 0. The number of ether oxygens (including phenoxy) is 3. The first-order valence-corrected chi connectivity index (χ1v) is 4.95. The monoisotopic (exact) mass is 216 g/mol. The van der Waals surface area contributed by atoms with E-state index >= 15 is 0 Å². The van der Waals surface area contributed by atoms with Gasteiger partial charge < -0.3 is 14.2 Å². The van der Waals surface area contributed by atoms with E-state index in [2.05, 4.69) is 0 Å². The third kappa shape index (κ3) is 4.40. The molecule has 0 N–H and O–H groups in total. The summed E-state index contributed by atoms with van der Waals surface area (Å²) in [4.78, 5) is 22.3. The minimum atomic E-state index is -1.14. The molecule has 1 aliphatic heterocycles. The van der Waals surface area contributed by atoms with E-state index in [0.717, 1.165) is 0 Å². The van der Waals surface area contributed by atoms with Crippen molar-refractivity contribution in [1.82, 2.24) is 0 Å². The smallest absolute Gasteiger partial charge is 0.305 e. The summed E-state index contributed by atoms with van der Waals surface area (Å²) in [5.74, 6) is -1.72. The largest absolute Gasteiger partial charge is 0.433 e. The van der Waals surface area contributed by atoms with Crippen LogP contribution in [0.2, 0.25) is 0 Å². The molecule has 1 aliphatic rings. The molecule has 0 aromatic heterocycles. The highest BCUT2D eigenvalue weighted by atomic mass is 16.7. The Balaban J connectivity index is 2.64. The Labute approximate surface area is 88.7 Å². The number of carbonyl (C=O) groups excluding carboxylic acids is 2. The number of hydrogen-bond acceptors (Lipinski definition) is 5. The van der Waals surface area contributed by atoms with Gasteiger partial charge >= 0.3 is 5.97 Å². The molecule has 0 bridgehead atoms. The minimum absolute atomic E-state index is 0.0343. The number of carbonyl (C=O) groups is 2. The third-order valence-corrected chi connectivity index (χ3v) is 1.98. The van der Waals surface area contributed by atoms with Gasteiger partial charge in [0.15, 0.2) is 5.78 Å². The van der Waals surface area contributed by atoms with Crippen LogP contribution in [0, 0.1) is 0 Å². The van der Waals surface area contributed by atoms with Crippen LogP contribution in [0.3, 0.4) is 0 Å². The van der Waals surface area contributed by atoms with Crippen LogP contribution >= 0.6 is 0 Å². The van der Waals surface area contributed by atoms with Gasteiger partial charge in [-0.05, 0) is 6.42 Å². The highest BCUT2D eigenvalue weighted by molar-refractivity contribution is 5.80. The molecule has 5 nitrogen and oxygen atoms in total. The number of esters is 1. The van der Waals surface area contributed by atoms with E-state index in [4.69, 9.17) is 14.2 Å². The van der Waals surface area contributed by atoms with E-state index in [1.807, 2.05) is 0 Å². The number of rotatable bonds is 1. The molecule has 0 saturated carbocycles. The third-order valence-electron chi connectivity index (χ3n) is 1.98. The number of hydrogen-bond donors (Lipinski definition) is 0. The van der Waals surface area contributed by atoms with Gasteiger partial charge in [-0.2, -0.15) is 0 Å². The zero-order chi connectivity index (χ0) is 11.3. The maximum atomic E-state index is 11.4. The molecule has 0 spiro atoms. The molecular weight excluding hydrogens is 200 g/mol. The van der Waals surface area contributed by atoms with E-state index < -0.39 is 11.8 Å². The number of ketones is 1. The summed E-state index contributed by atoms with van der Waals surface area (Å²) in [5.41, 5.74) is 0. The minimum Gasteiger partial charge on any atom is -0.433 e. The molecule has 1 unspecified atom stereocenters. The SMILES string of the molecule is CC(=O)OC1(C)CC(=O)COCCCO1. The van der Waals surface area contributed by atoms with Crippen LogP contribution in [-0.2, 0) is 23.8 Å². The first kappa shape index (κ1) is 12.1. The molecule has 1 fully saturated rings. The second-order valence-electron chi connectivity index (χ2n) is 3.70. The summed E-state index contributed by atoms with van der Waals surface area (Å²) in [6.07, 6.45) is 0.719. The predicted molar refractivity (Wildman–Crippen MR) is 51.2 cm³/mol. The summed E-state index contributed by atoms with van der Waals surface area (Å²) in [5, 5.41) is 0. The lowest BCUT2D eigenvalue weighted by molar-refractivity contribution is -0.222. The van der Waals surface area contributed by atoms with Crippen LogP contribution < -0.4 is 0 Å². The van der Waals surface area contributed by atoms with Crippen molar-refractivity contribution in [3.8, 4) is 0 Å². The molecule has 5 heteroatoms. The predicted octanol–water partition coefficient (Wildman–Crippen LogP) is 0.662. The van der Waals surface area contributed by atoms with Crippen LogP contribution in [0.25, 0.3) is 0 Å². The first-order valence-electron chi connectivity index (χ1n) is 4.95. The maximum Gasteiger partial charge on any atom is 0.305 e. The van der Waals surface area contributed by atoms with Gasteiger partial charge in [0.1, 0.15) is 6.61 Å². The first-order chi connectivity index (χ1) is 7.02. The van der Waals surface area contributed by atoms with E-state index in [9.17, 15) is 9.59 Å². The molecule has 0 radical (unpaired) electrons. The Kier molecular flexibility index (Phi) is 4.23. The highest BCUT2D eigenvalue weighted by Gasteiger charge is 2.32. The molecule has 1 rings (SSSR count). The van der Waals surface area contributed by atoms with Crippen molar-refractivity contribution in [3.05, 3.63) is 0 Å². The van der Waals surface area contributed by atoms with Crippen molar-refractivity contribution in [1.29, 1.82) is 0 Å². The van der Waals surface area contributed by atoms with Crippen molar-refractivity contribution in [2.24, 2.45) is 0 Å². The van der Waals surface area contributed by atoms with E-state index in [-0.39, 0.29) is 18.8 Å². The van der Waals surface area contributed by atoms with Crippen LogP contribution in [0.15, 0.2) is 0 Å². The zero-order valence-corrected chi connectivity index (χ0v) is 9.08. The van der Waals surface area contributed by atoms with Crippen molar-refractivity contribution in [3.63, 3.8) is 0 Å². The average Bonchev–Trinajstić information content (AvgIpc) is 2.14. The standard InChI is InChI=1S/C10H16O5/c1-8(11)15-10(2)6-9(12)7-13-4-3-5-14-10/h3-7H2,1-2H3. The summed E-state index contributed by atoms with van der Waals surface area (Å²) in [6, 6.07) is 0. The average molecular weight is 216 g/mol. The fourth-order valence-corrected chi connectivity index (χ4v) is 1.46. The quantitative estimate of drug-likeness (QED) is 0.602. The molecular formula is C10H16O5. The molecule has 0 amide bonds. The second-order valence-corrected chi connectivity index (χ2v) is 3.70. The normalized spacial score (nSPS) is 28.8. The topological polar surface area (TPSA) is 61.8 Å². The fraction of sp³-hybridized carbons (Fsp3) is 0.800. The molecule has 1 saturated heterocycles. The van der Waals surface area contributed by atoms with Crippen molar-refractivity contribution in [2.75, 3.05) is 19.8 Å². The molecule has 86 valence electrons. The summed E-state index contributed by atoms with van der Waals surface area (Å²) < 4.78 is 15.5. The van der Waals surface area contributed by atoms with Crippen LogP contribution in [0.5, 0.6) is 0 Å². The lowest BCUT2D eigenvalue weighted by Crippen LogP contribution is -2.37. The Morgan fingerprint density at radius 3 is 2.87 bits per heavy atom. The summed E-state index contributed by atoms with van der Waals surface area (Å²) in [6.45, 7) is 3.85. The second kappa shape index (κ2) is 5.23. The molecule has 0 aromatic carbocycles. The van der Waals surface area contributed by atoms with Gasteiger partial charge in [-0.15, -0.1) is 0 Å². The Morgan fingerprint density at radius 2 is 2.20 bits per heavy atom. The Morgan fingerprint density at radius 1 is 1.47 bits per heavy atom. The Bertz CT molecular complexity index is 250. The van der Waals surface area contributed by atoms with Crippen LogP contribution in [-0.4, -0.2) is 37.4 Å². The van der Waals surface area contributed by atoms with Gasteiger partial charge in [-0.1, -0.05) is 0 Å². The van der Waals surface area contributed by atoms with Gasteiger partial charge in [-0.25, -0.2) is 0 Å². The molecule has 1 heterocycles. The van der Waals surface area contributed by atoms with Crippen molar-refractivity contribution >= 4 is 11.8 Å². The molecule has 0 aromatic rings. The van der Waals surface area contributed by atoms with Crippen LogP contribution in [0.1, 0.15) is 26.7 Å². The lowest BCUT2D eigenvalue weighted by Gasteiger charge is -2.27. The summed E-state index contributed by atoms with van der Waals surface area (Å²) in [7, 11) is 0. The molecule has 0 aliphatic carbocycles. The molecule has 15 heavy (non-hydrogen) atoms. The van der Waals surface area contributed by atoms with Gasteiger partial charge in [0, 0.05) is 20.5 Å². The zero-order valence-electron chi connectivity index (χ0n) is 9.08. The lowest BCUT2D eigenvalue weighted by atomic mass is 10.1. The van der Waals surface area contributed by atoms with E-state index in [1.54, 1.807) is 6.92 Å². The van der Waals surface area contributed by atoms with Crippen molar-refractivity contribution < 1.29 is 23.8 Å². The van der Waals surface area contributed by atoms with Crippen LogP contribution in [0.4, 0.5) is 0 Å². The Hall–Kier alpha value is -0.940. The fourth-order valence-electron chi connectivity index (χ4n) is 1.46. The van der Waals surface area contributed by atoms with Gasteiger partial charge in [0.25, 0.3) is 0 Å². The highest BCUT2D eigenvalue weighted by Crippen LogP contribution is 2.19. The van der Waals surface area contributed by atoms with E-state index in [1.165, 1.54) is 6.92 Å².